The number of Topliss-reactive ketones (excluding diaryl/α,β-unsaturated/α-hetero) is 1. The van der Waals surface area contributed by atoms with E-state index in [-0.39, 0.29) is 5.78 Å². The van der Waals surface area contributed by atoms with E-state index in [1.807, 2.05) is 19.1 Å². The topological polar surface area (TPSA) is 26.3 Å². The molecule has 12 heavy (non-hydrogen) atoms. The normalized spacial score (nSPS) is 9.58. The van der Waals surface area contributed by atoms with Crippen molar-refractivity contribution in [1.29, 1.82) is 0 Å². The number of ether oxygens (including phenoxy) is 1. The van der Waals surface area contributed by atoms with Crippen molar-refractivity contribution in [3.05, 3.63) is 29.3 Å². The van der Waals surface area contributed by atoms with Crippen LogP contribution < -0.4 is 4.74 Å². The zero-order valence-corrected chi connectivity index (χ0v) is 7.55. The Kier molecular flexibility index (Phi) is 2.48. The molecule has 0 atom stereocenters. The van der Waals surface area contributed by atoms with E-state index in [0.29, 0.717) is 11.3 Å². The fourth-order valence-electron chi connectivity index (χ4n) is 1.09. The molecule has 0 saturated carbocycles. The van der Waals surface area contributed by atoms with E-state index in [9.17, 15) is 4.79 Å². The molecule has 1 aromatic rings. The van der Waals surface area contributed by atoms with Crippen LogP contribution in [0, 0.1) is 6.92 Å². The van der Waals surface area contributed by atoms with Gasteiger partial charge in [0.05, 0.1) is 12.7 Å². The van der Waals surface area contributed by atoms with E-state index in [4.69, 9.17) is 4.74 Å². The maximum atomic E-state index is 11.1. The lowest BCUT2D eigenvalue weighted by atomic mass is 10.1. The Morgan fingerprint density at radius 1 is 1.42 bits per heavy atom. The molecular weight excluding hydrogens is 152 g/mol. The van der Waals surface area contributed by atoms with E-state index in [0.717, 1.165) is 5.56 Å². The van der Waals surface area contributed by atoms with Gasteiger partial charge in [0, 0.05) is 0 Å². The van der Waals surface area contributed by atoms with Crippen LogP contribution in [-0.2, 0) is 0 Å². The molecule has 1 rings (SSSR count). The number of methoxy groups -OCH3 is 1. The summed E-state index contributed by atoms with van der Waals surface area (Å²) in [5, 5.41) is 0. The van der Waals surface area contributed by atoms with Gasteiger partial charge in [-0.2, -0.15) is 0 Å². The van der Waals surface area contributed by atoms with Crippen LogP contribution in [0.4, 0.5) is 0 Å². The number of hydrogen-bond donors (Lipinski definition) is 0. The molecule has 0 aliphatic heterocycles. The Labute approximate surface area is 72.2 Å². The first-order valence-corrected chi connectivity index (χ1v) is 3.80. The van der Waals surface area contributed by atoms with Crippen molar-refractivity contribution in [1.82, 2.24) is 0 Å². The van der Waals surface area contributed by atoms with Gasteiger partial charge in [-0.15, -0.1) is 0 Å². The van der Waals surface area contributed by atoms with Crippen molar-refractivity contribution < 1.29 is 9.53 Å². The Balaban J connectivity index is 3.20. The standard InChI is InChI=1S/C10H12O2/c1-7-4-5-9(8(2)11)10(6-7)12-3/h4-6H,1-3H3. The van der Waals surface area contributed by atoms with Crippen LogP contribution in [0.3, 0.4) is 0 Å². The summed E-state index contributed by atoms with van der Waals surface area (Å²) >= 11 is 0. The minimum absolute atomic E-state index is 0.0341. The van der Waals surface area contributed by atoms with E-state index in [2.05, 4.69) is 0 Å². The van der Waals surface area contributed by atoms with Crippen molar-refractivity contribution in [2.45, 2.75) is 13.8 Å². The first kappa shape index (κ1) is 8.78. The lowest BCUT2D eigenvalue weighted by molar-refractivity contribution is 0.101. The summed E-state index contributed by atoms with van der Waals surface area (Å²) in [7, 11) is 1.57. The number of rotatable bonds is 2. The third-order valence-corrected chi connectivity index (χ3v) is 1.74. The molecule has 0 bridgehead atoms. The van der Waals surface area contributed by atoms with Crippen molar-refractivity contribution in [3.8, 4) is 5.75 Å². The predicted octanol–water partition coefficient (Wildman–Crippen LogP) is 2.21. The highest BCUT2D eigenvalue weighted by Gasteiger charge is 2.06. The third-order valence-electron chi connectivity index (χ3n) is 1.74. The molecule has 0 N–H and O–H groups in total. The van der Waals surface area contributed by atoms with Crippen molar-refractivity contribution >= 4 is 5.78 Å². The maximum Gasteiger partial charge on any atom is 0.163 e. The number of aryl methyl sites for hydroxylation is 1. The summed E-state index contributed by atoms with van der Waals surface area (Å²) in [6, 6.07) is 5.55. The summed E-state index contributed by atoms with van der Waals surface area (Å²) in [6.45, 7) is 3.50. The smallest absolute Gasteiger partial charge is 0.163 e. The SMILES string of the molecule is COc1cc(C)ccc1C(C)=O. The average Bonchev–Trinajstić information content (AvgIpc) is 2.03. The fourth-order valence-corrected chi connectivity index (χ4v) is 1.09. The molecule has 0 spiro atoms. The van der Waals surface area contributed by atoms with Gasteiger partial charge in [-0.1, -0.05) is 6.07 Å². The molecule has 0 aromatic heterocycles. The van der Waals surface area contributed by atoms with Crippen LogP contribution >= 0.6 is 0 Å². The second-order valence-electron chi connectivity index (χ2n) is 2.76. The molecule has 0 amide bonds. The van der Waals surface area contributed by atoms with Gasteiger partial charge in [0.15, 0.2) is 5.78 Å². The van der Waals surface area contributed by atoms with Crippen LogP contribution in [0.5, 0.6) is 5.75 Å². The van der Waals surface area contributed by atoms with Crippen molar-refractivity contribution in [3.63, 3.8) is 0 Å². The number of ketones is 1. The van der Waals surface area contributed by atoms with Crippen LogP contribution in [0.2, 0.25) is 0 Å². The van der Waals surface area contributed by atoms with Crippen molar-refractivity contribution in [2.75, 3.05) is 7.11 Å². The molecule has 0 unspecified atom stereocenters. The van der Waals surface area contributed by atoms with E-state index < -0.39 is 0 Å². The zero-order chi connectivity index (χ0) is 9.14. The highest BCUT2D eigenvalue weighted by molar-refractivity contribution is 5.96. The molecule has 0 saturated heterocycles. The monoisotopic (exact) mass is 164 g/mol. The van der Waals surface area contributed by atoms with E-state index >= 15 is 0 Å². The van der Waals surface area contributed by atoms with E-state index in [1.165, 1.54) is 6.92 Å². The largest absolute Gasteiger partial charge is 0.496 e. The molecule has 2 heteroatoms. The first-order chi connectivity index (χ1) is 5.65. The minimum atomic E-state index is 0.0341. The predicted molar refractivity (Wildman–Crippen MR) is 47.7 cm³/mol. The highest BCUT2D eigenvalue weighted by Crippen LogP contribution is 2.19. The van der Waals surface area contributed by atoms with Gasteiger partial charge in [-0.05, 0) is 31.5 Å². The summed E-state index contributed by atoms with van der Waals surface area (Å²) in [4.78, 5) is 11.1. The van der Waals surface area contributed by atoms with Gasteiger partial charge in [0.2, 0.25) is 0 Å². The van der Waals surface area contributed by atoms with Crippen LogP contribution in [0.25, 0.3) is 0 Å². The van der Waals surface area contributed by atoms with Crippen LogP contribution in [0.15, 0.2) is 18.2 Å². The van der Waals surface area contributed by atoms with Gasteiger partial charge in [0.1, 0.15) is 5.75 Å². The molecule has 2 nitrogen and oxygen atoms in total. The lowest BCUT2D eigenvalue weighted by Crippen LogP contribution is -1.97. The number of hydrogen-bond acceptors (Lipinski definition) is 2. The van der Waals surface area contributed by atoms with Gasteiger partial charge in [0.25, 0.3) is 0 Å². The quantitative estimate of drug-likeness (QED) is 0.626. The fraction of sp³-hybridized carbons (Fsp3) is 0.300. The molecule has 0 radical (unpaired) electrons. The van der Waals surface area contributed by atoms with Crippen LogP contribution in [-0.4, -0.2) is 12.9 Å². The molecule has 0 aliphatic rings. The van der Waals surface area contributed by atoms with Crippen molar-refractivity contribution in [2.24, 2.45) is 0 Å². The van der Waals surface area contributed by atoms with Gasteiger partial charge >= 0.3 is 0 Å². The Morgan fingerprint density at radius 2 is 2.08 bits per heavy atom. The third kappa shape index (κ3) is 1.64. The van der Waals surface area contributed by atoms with Gasteiger partial charge < -0.3 is 4.74 Å². The summed E-state index contributed by atoms with van der Waals surface area (Å²) in [6.07, 6.45) is 0. The van der Waals surface area contributed by atoms with Crippen LogP contribution in [0.1, 0.15) is 22.8 Å². The second-order valence-corrected chi connectivity index (χ2v) is 2.76. The molecule has 64 valence electrons. The molecule has 0 aliphatic carbocycles. The first-order valence-electron chi connectivity index (χ1n) is 3.80. The Hall–Kier alpha value is -1.31. The Bertz CT molecular complexity index is 303. The van der Waals surface area contributed by atoms with E-state index in [1.54, 1.807) is 13.2 Å². The maximum absolute atomic E-state index is 11.1. The molecular formula is C10H12O2. The van der Waals surface area contributed by atoms with Gasteiger partial charge in [-0.25, -0.2) is 0 Å². The second kappa shape index (κ2) is 3.39. The molecule has 0 heterocycles. The average molecular weight is 164 g/mol. The minimum Gasteiger partial charge on any atom is -0.496 e. The number of carbonyl (C=O) groups is 1. The number of carbonyl (C=O) groups excluding carboxylic acids is 1. The molecule has 1 aromatic carbocycles. The Morgan fingerprint density at radius 3 is 2.58 bits per heavy atom. The zero-order valence-electron chi connectivity index (χ0n) is 7.55. The number of benzene rings is 1. The molecule has 0 fully saturated rings. The van der Waals surface area contributed by atoms with Gasteiger partial charge in [-0.3, -0.25) is 4.79 Å². The summed E-state index contributed by atoms with van der Waals surface area (Å²) in [5.74, 6) is 0.689. The summed E-state index contributed by atoms with van der Waals surface area (Å²) < 4.78 is 5.07. The summed E-state index contributed by atoms with van der Waals surface area (Å²) in [5.41, 5.74) is 1.74. The lowest BCUT2D eigenvalue weighted by Gasteiger charge is -2.05. The highest BCUT2D eigenvalue weighted by atomic mass is 16.5.